The summed E-state index contributed by atoms with van der Waals surface area (Å²) in [5, 5.41) is 0. The first-order valence-electron chi connectivity index (χ1n) is 3.16. The van der Waals surface area contributed by atoms with Crippen LogP contribution >= 0.6 is 0 Å². The van der Waals surface area contributed by atoms with E-state index in [1.165, 1.54) is 6.26 Å². The van der Waals surface area contributed by atoms with E-state index in [9.17, 15) is 8.78 Å². The number of hydrogen-bond acceptors (Lipinski definition) is 3. The van der Waals surface area contributed by atoms with Gasteiger partial charge < -0.3 is 10.2 Å². The van der Waals surface area contributed by atoms with E-state index in [-0.39, 0.29) is 0 Å². The molecule has 0 fully saturated rings. The lowest BCUT2D eigenvalue weighted by Gasteiger charge is -1.88. The molecular formula is C6H8F2N2O. The molecule has 0 aliphatic carbocycles. The van der Waals surface area contributed by atoms with Crippen LogP contribution in [-0.4, -0.2) is 11.5 Å². The Morgan fingerprint density at radius 2 is 2.36 bits per heavy atom. The Kier molecular flexibility index (Phi) is 2.53. The van der Waals surface area contributed by atoms with E-state index in [0.29, 0.717) is 18.7 Å². The van der Waals surface area contributed by atoms with Gasteiger partial charge in [0.25, 0.3) is 5.89 Å². The Balaban J connectivity index is 2.66. The minimum absolute atomic E-state index is 0.384. The molecule has 0 spiro atoms. The number of aromatic nitrogens is 1. The van der Waals surface area contributed by atoms with Gasteiger partial charge in [-0.25, -0.2) is 4.98 Å². The Morgan fingerprint density at radius 3 is 2.82 bits per heavy atom. The standard InChI is InChI=1S/C6H8F2N2O/c7-5(8)6-10-4(1-2-9)3-11-6/h3,5H,1-2,9H2. The summed E-state index contributed by atoms with van der Waals surface area (Å²) in [6.07, 6.45) is -0.966. The predicted molar refractivity (Wildman–Crippen MR) is 34.2 cm³/mol. The van der Waals surface area contributed by atoms with Crippen molar-refractivity contribution in [3.8, 4) is 0 Å². The molecule has 0 saturated heterocycles. The Bertz CT molecular complexity index is 224. The number of nitrogens with two attached hydrogens (primary N) is 1. The van der Waals surface area contributed by atoms with Crippen molar-refractivity contribution in [3.05, 3.63) is 17.8 Å². The fourth-order valence-corrected chi connectivity index (χ4v) is 0.686. The van der Waals surface area contributed by atoms with Crippen molar-refractivity contribution in [2.24, 2.45) is 5.73 Å². The van der Waals surface area contributed by atoms with Crippen molar-refractivity contribution >= 4 is 0 Å². The van der Waals surface area contributed by atoms with Gasteiger partial charge in [0.05, 0.1) is 5.69 Å². The van der Waals surface area contributed by atoms with Crippen LogP contribution in [-0.2, 0) is 6.42 Å². The SMILES string of the molecule is NCCc1coc(C(F)F)n1. The van der Waals surface area contributed by atoms with Gasteiger partial charge in [0.15, 0.2) is 0 Å². The lowest BCUT2D eigenvalue weighted by atomic mass is 10.3. The molecule has 2 N–H and O–H groups in total. The van der Waals surface area contributed by atoms with Crippen LogP contribution < -0.4 is 5.73 Å². The molecule has 0 aromatic carbocycles. The molecule has 5 heteroatoms. The highest BCUT2D eigenvalue weighted by Gasteiger charge is 2.13. The Hall–Kier alpha value is -0.970. The van der Waals surface area contributed by atoms with E-state index >= 15 is 0 Å². The summed E-state index contributed by atoms with van der Waals surface area (Å²) in [6.45, 7) is 0.384. The smallest absolute Gasteiger partial charge is 0.313 e. The van der Waals surface area contributed by atoms with Gasteiger partial charge in [0, 0.05) is 6.42 Å². The van der Waals surface area contributed by atoms with Crippen molar-refractivity contribution in [2.75, 3.05) is 6.54 Å². The largest absolute Gasteiger partial charge is 0.444 e. The van der Waals surface area contributed by atoms with Crippen LogP contribution in [0.15, 0.2) is 10.7 Å². The first-order valence-corrected chi connectivity index (χ1v) is 3.16. The summed E-state index contributed by atoms with van der Waals surface area (Å²) in [5.74, 6) is -0.534. The molecule has 1 aromatic rings. The van der Waals surface area contributed by atoms with Gasteiger partial charge in [-0.1, -0.05) is 0 Å². The predicted octanol–water partition coefficient (Wildman–Crippen LogP) is 1.11. The molecule has 0 amide bonds. The second kappa shape index (κ2) is 3.43. The van der Waals surface area contributed by atoms with Crippen LogP contribution in [0.4, 0.5) is 8.78 Å². The highest BCUT2D eigenvalue weighted by atomic mass is 19.3. The van der Waals surface area contributed by atoms with Gasteiger partial charge in [-0.3, -0.25) is 0 Å². The van der Waals surface area contributed by atoms with Crippen LogP contribution in [0, 0.1) is 0 Å². The first-order chi connectivity index (χ1) is 5.24. The van der Waals surface area contributed by atoms with Crippen LogP contribution in [0.3, 0.4) is 0 Å². The summed E-state index contributed by atoms with van der Waals surface area (Å²) in [4.78, 5) is 3.50. The van der Waals surface area contributed by atoms with Gasteiger partial charge in [0.2, 0.25) is 0 Å². The molecular weight excluding hydrogens is 154 g/mol. The third kappa shape index (κ3) is 1.98. The van der Waals surface area contributed by atoms with E-state index in [1.807, 2.05) is 0 Å². The van der Waals surface area contributed by atoms with Gasteiger partial charge >= 0.3 is 6.43 Å². The van der Waals surface area contributed by atoms with E-state index in [0.717, 1.165) is 0 Å². The maximum Gasteiger partial charge on any atom is 0.313 e. The third-order valence-corrected chi connectivity index (χ3v) is 1.16. The minimum atomic E-state index is -2.64. The van der Waals surface area contributed by atoms with Crippen molar-refractivity contribution in [2.45, 2.75) is 12.8 Å². The van der Waals surface area contributed by atoms with Crippen LogP contribution in [0.1, 0.15) is 18.0 Å². The maximum atomic E-state index is 11.8. The van der Waals surface area contributed by atoms with Crippen LogP contribution in [0.5, 0.6) is 0 Å². The molecule has 0 aliphatic rings. The molecule has 0 radical (unpaired) electrons. The highest BCUT2D eigenvalue weighted by molar-refractivity contribution is 4.97. The summed E-state index contributed by atoms with van der Waals surface area (Å²) in [7, 11) is 0. The monoisotopic (exact) mass is 162 g/mol. The summed E-state index contributed by atoms with van der Waals surface area (Å²) >= 11 is 0. The zero-order valence-corrected chi connectivity index (χ0v) is 5.76. The van der Waals surface area contributed by atoms with E-state index in [2.05, 4.69) is 9.40 Å². The molecule has 11 heavy (non-hydrogen) atoms. The summed E-state index contributed by atoms with van der Waals surface area (Å²) in [6, 6.07) is 0. The molecule has 0 atom stereocenters. The number of alkyl halides is 2. The van der Waals surface area contributed by atoms with Gasteiger partial charge in [-0.15, -0.1) is 0 Å². The quantitative estimate of drug-likeness (QED) is 0.724. The van der Waals surface area contributed by atoms with Crippen LogP contribution in [0.2, 0.25) is 0 Å². The molecule has 0 saturated carbocycles. The van der Waals surface area contributed by atoms with Gasteiger partial charge in [-0.2, -0.15) is 8.78 Å². The molecule has 0 aliphatic heterocycles. The highest BCUT2D eigenvalue weighted by Crippen LogP contribution is 2.17. The summed E-state index contributed by atoms with van der Waals surface area (Å²) < 4.78 is 28.1. The normalized spacial score (nSPS) is 10.9. The number of halogens is 2. The topological polar surface area (TPSA) is 52.0 Å². The van der Waals surface area contributed by atoms with Crippen LogP contribution in [0.25, 0.3) is 0 Å². The zero-order chi connectivity index (χ0) is 8.27. The Morgan fingerprint density at radius 1 is 1.64 bits per heavy atom. The molecule has 62 valence electrons. The average molecular weight is 162 g/mol. The fourth-order valence-electron chi connectivity index (χ4n) is 0.686. The van der Waals surface area contributed by atoms with E-state index in [4.69, 9.17) is 5.73 Å². The van der Waals surface area contributed by atoms with Crippen molar-refractivity contribution in [1.82, 2.24) is 4.98 Å². The number of nitrogens with zero attached hydrogens (tertiary/aromatic N) is 1. The molecule has 1 rings (SSSR count). The average Bonchev–Trinajstić information content (AvgIpc) is 2.37. The molecule has 1 aromatic heterocycles. The lowest BCUT2D eigenvalue weighted by Crippen LogP contribution is -2.02. The molecule has 1 heterocycles. The van der Waals surface area contributed by atoms with Crippen molar-refractivity contribution in [3.63, 3.8) is 0 Å². The first kappa shape index (κ1) is 8.13. The second-order valence-electron chi connectivity index (χ2n) is 2.02. The van der Waals surface area contributed by atoms with Gasteiger partial charge in [-0.05, 0) is 6.54 Å². The minimum Gasteiger partial charge on any atom is -0.444 e. The molecule has 0 bridgehead atoms. The number of hydrogen-bond donors (Lipinski definition) is 1. The maximum absolute atomic E-state index is 11.8. The number of rotatable bonds is 3. The van der Waals surface area contributed by atoms with Crippen molar-refractivity contribution < 1.29 is 13.2 Å². The molecule has 0 unspecified atom stereocenters. The second-order valence-corrected chi connectivity index (χ2v) is 2.02. The zero-order valence-electron chi connectivity index (χ0n) is 5.76. The fraction of sp³-hybridized carbons (Fsp3) is 0.500. The van der Waals surface area contributed by atoms with E-state index < -0.39 is 12.3 Å². The third-order valence-electron chi connectivity index (χ3n) is 1.16. The number of oxazole rings is 1. The summed E-state index contributed by atoms with van der Waals surface area (Å²) in [5.41, 5.74) is 5.65. The Labute approximate surface area is 62.2 Å². The lowest BCUT2D eigenvalue weighted by molar-refractivity contribution is 0.115. The molecule has 3 nitrogen and oxygen atoms in total. The van der Waals surface area contributed by atoms with Crippen molar-refractivity contribution in [1.29, 1.82) is 0 Å². The van der Waals surface area contributed by atoms with Gasteiger partial charge in [0.1, 0.15) is 6.26 Å². The van der Waals surface area contributed by atoms with E-state index in [1.54, 1.807) is 0 Å².